The van der Waals surface area contributed by atoms with Gasteiger partial charge in [-0.3, -0.25) is 4.98 Å². The Kier molecular flexibility index (Phi) is 9.32. The third kappa shape index (κ3) is 7.43. The van der Waals surface area contributed by atoms with E-state index in [1.165, 1.54) is 11.1 Å². The molecule has 3 heterocycles. The van der Waals surface area contributed by atoms with E-state index in [9.17, 15) is 5.11 Å². The number of phenolic OH excluding ortho intramolecular Hbond substituents is 1. The summed E-state index contributed by atoms with van der Waals surface area (Å²) < 4.78 is 6.44. The third-order valence-electron chi connectivity index (χ3n) is 11.3. The average molecular weight is 769 g/mol. The van der Waals surface area contributed by atoms with Gasteiger partial charge in [-0.2, -0.15) is 0 Å². The summed E-state index contributed by atoms with van der Waals surface area (Å²) in [7, 11) is 0. The number of nitrogens with zero attached hydrogens (tertiary/aromatic N) is 2. The molecule has 0 bridgehead atoms. The molecule has 290 valence electrons. The molecule has 0 aliphatic rings. The highest BCUT2D eigenvalue weighted by atomic mass is 16.3. The number of furan rings is 1. The quantitative estimate of drug-likeness (QED) is 0.183. The lowest BCUT2D eigenvalue weighted by molar-refractivity contribution is 0.477. The van der Waals surface area contributed by atoms with E-state index >= 15 is 0 Å². The standard InChI is InChI=1S/C55H48N2O2/c1-34-25-41(44-20-14-21-46-45-19-11-12-22-52(45)59-53(44)46)31-48(56-34)37-17-13-18-38(26-37)49-29-40(39-27-42(54(2,3)4)33-43(28-39)55(5,6)7)30-50(57-49)47-24-23-36(32-51(47)58)35-15-9-8-10-16-35/h8-33,58H,1-7H3. The van der Waals surface area contributed by atoms with Gasteiger partial charge < -0.3 is 9.52 Å². The number of fused-ring (bicyclic) bond motifs is 3. The zero-order chi connectivity index (χ0) is 41.1. The Morgan fingerprint density at radius 2 is 1.02 bits per heavy atom. The molecule has 0 atom stereocenters. The van der Waals surface area contributed by atoms with Gasteiger partial charge >= 0.3 is 0 Å². The minimum Gasteiger partial charge on any atom is -0.507 e. The van der Waals surface area contributed by atoms with E-state index in [1.807, 2.05) is 49.4 Å². The van der Waals surface area contributed by atoms with Crippen molar-refractivity contribution in [3.8, 4) is 72.9 Å². The second-order valence-electron chi connectivity index (χ2n) is 17.8. The van der Waals surface area contributed by atoms with Crippen LogP contribution in [0.2, 0.25) is 0 Å². The Balaban J connectivity index is 1.19. The first-order valence-corrected chi connectivity index (χ1v) is 20.4. The SMILES string of the molecule is Cc1cc(-c2cccc3c2oc2ccccc23)cc(-c2cccc(-c3cc(-c4cc(C(C)(C)C)cc(C(C)(C)C)c4)cc(-c4ccc(-c5ccccc5)cc4O)n3)c2)n1. The maximum Gasteiger partial charge on any atom is 0.143 e. The van der Waals surface area contributed by atoms with Crippen molar-refractivity contribution in [3.05, 3.63) is 175 Å². The topological polar surface area (TPSA) is 59.2 Å². The first-order valence-electron chi connectivity index (χ1n) is 20.4. The summed E-state index contributed by atoms with van der Waals surface area (Å²) in [4.78, 5) is 10.3. The number of rotatable bonds is 6. The highest BCUT2D eigenvalue weighted by Gasteiger charge is 2.22. The Morgan fingerprint density at radius 1 is 0.424 bits per heavy atom. The first-order chi connectivity index (χ1) is 28.3. The fourth-order valence-corrected chi connectivity index (χ4v) is 7.99. The predicted molar refractivity (Wildman–Crippen MR) is 246 cm³/mol. The maximum atomic E-state index is 11.6. The largest absolute Gasteiger partial charge is 0.507 e. The van der Waals surface area contributed by atoms with Gasteiger partial charge in [-0.1, -0.05) is 151 Å². The first kappa shape index (κ1) is 37.8. The normalized spacial score (nSPS) is 12.1. The fourth-order valence-electron chi connectivity index (χ4n) is 7.99. The number of pyridine rings is 2. The lowest BCUT2D eigenvalue weighted by Gasteiger charge is -2.26. The lowest BCUT2D eigenvalue weighted by Crippen LogP contribution is -2.16. The molecule has 0 spiro atoms. The zero-order valence-electron chi connectivity index (χ0n) is 34.8. The van der Waals surface area contributed by atoms with Crippen LogP contribution in [0.4, 0.5) is 0 Å². The number of aryl methyl sites for hydroxylation is 1. The minimum absolute atomic E-state index is 0.0514. The van der Waals surface area contributed by atoms with Crippen LogP contribution >= 0.6 is 0 Å². The van der Waals surface area contributed by atoms with Gasteiger partial charge in [0.1, 0.15) is 16.9 Å². The Labute approximate surface area is 346 Å². The number of benzene rings is 6. The molecule has 0 amide bonds. The summed E-state index contributed by atoms with van der Waals surface area (Å²) >= 11 is 0. The smallest absolute Gasteiger partial charge is 0.143 e. The lowest BCUT2D eigenvalue weighted by atomic mass is 9.79. The maximum absolute atomic E-state index is 11.6. The van der Waals surface area contributed by atoms with Crippen LogP contribution < -0.4 is 0 Å². The van der Waals surface area contributed by atoms with Crippen LogP contribution in [0.1, 0.15) is 58.4 Å². The molecule has 6 aromatic carbocycles. The van der Waals surface area contributed by atoms with Crippen molar-refractivity contribution in [2.45, 2.75) is 59.3 Å². The van der Waals surface area contributed by atoms with Crippen molar-refractivity contribution >= 4 is 21.9 Å². The van der Waals surface area contributed by atoms with Gasteiger partial charge in [0.2, 0.25) is 0 Å². The monoisotopic (exact) mass is 768 g/mol. The van der Waals surface area contributed by atoms with E-state index in [2.05, 4.69) is 157 Å². The third-order valence-corrected chi connectivity index (χ3v) is 11.3. The van der Waals surface area contributed by atoms with E-state index < -0.39 is 0 Å². The Morgan fingerprint density at radius 3 is 1.73 bits per heavy atom. The molecule has 0 unspecified atom stereocenters. The van der Waals surface area contributed by atoms with Crippen molar-refractivity contribution in [1.29, 1.82) is 0 Å². The summed E-state index contributed by atoms with van der Waals surface area (Å²) in [6, 6.07) is 54.6. The average Bonchev–Trinajstić information content (AvgIpc) is 3.62. The molecule has 4 heteroatoms. The summed E-state index contributed by atoms with van der Waals surface area (Å²) in [5.41, 5.74) is 16.3. The van der Waals surface area contributed by atoms with Gasteiger partial charge in [0, 0.05) is 38.7 Å². The van der Waals surface area contributed by atoms with Crippen LogP contribution in [-0.4, -0.2) is 15.1 Å². The summed E-state index contributed by atoms with van der Waals surface area (Å²) in [5, 5.41) is 13.8. The predicted octanol–water partition coefficient (Wildman–Crippen LogP) is 15.0. The number of phenols is 1. The molecule has 9 rings (SSSR count). The van der Waals surface area contributed by atoms with Crippen LogP contribution in [0.5, 0.6) is 5.75 Å². The Bertz CT molecular complexity index is 3000. The number of aromatic hydroxyl groups is 1. The van der Waals surface area contributed by atoms with E-state index in [1.54, 1.807) is 0 Å². The molecule has 59 heavy (non-hydrogen) atoms. The van der Waals surface area contributed by atoms with Gasteiger partial charge in [0.25, 0.3) is 0 Å². The van der Waals surface area contributed by atoms with E-state index in [0.29, 0.717) is 11.3 Å². The molecule has 0 aliphatic heterocycles. The van der Waals surface area contributed by atoms with Crippen molar-refractivity contribution in [1.82, 2.24) is 9.97 Å². The second kappa shape index (κ2) is 14.6. The molecule has 1 N–H and O–H groups in total. The van der Waals surface area contributed by atoms with Crippen LogP contribution in [0.3, 0.4) is 0 Å². The molecule has 0 aliphatic carbocycles. The second-order valence-corrected chi connectivity index (χ2v) is 17.8. The van der Waals surface area contributed by atoms with Crippen molar-refractivity contribution in [2.75, 3.05) is 0 Å². The van der Waals surface area contributed by atoms with E-state index in [-0.39, 0.29) is 16.6 Å². The Hall–Kier alpha value is -6.78. The molecular formula is C55H48N2O2. The summed E-state index contributed by atoms with van der Waals surface area (Å²) in [5.74, 6) is 0.186. The van der Waals surface area contributed by atoms with Crippen molar-refractivity contribution in [2.24, 2.45) is 0 Å². The molecular weight excluding hydrogens is 721 g/mol. The van der Waals surface area contributed by atoms with Crippen LogP contribution in [-0.2, 0) is 10.8 Å². The fraction of sp³-hybridized carbons (Fsp3) is 0.164. The summed E-state index contributed by atoms with van der Waals surface area (Å²) in [6.07, 6.45) is 0. The molecule has 0 saturated carbocycles. The van der Waals surface area contributed by atoms with Gasteiger partial charge in [-0.05, 0) is 105 Å². The highest BCUT2D eigenvalue weighted by molar-refractivity contribution is 6.09. The van der Waals surface area contributed by atoms with E-state index in [0.717, 1.165) is 83.5 Å². The number of para-hydroxylation sites is 2. The highest BCUT2D eigenvalue weighted by Crippen LogP contribution is 2.41. The van der Waals surface area contributed by atoms with Crippen LogP contribution in [0.25, 0.3) is 89.1 Å². The molecule has 0 fully saturated rings. The number of aromatic nitrogens is 2. The minimum atomic E-state index is -0.0514. The zero-order valence-corrected chi connectivity index (χ0v) is 34.8. The van der Waals surface area contributed by atoms with Crippen LogP contribution in [0, 0.1) is 6.92 Å². The molecule has 0 radical (unpaired) electrons. The van der Waals surface area contributed by atoms with Gasteiger partial charge in [0.05, 0.1) is 17.1 Å². The number of hydrogen-bond acceptors (Lipinski definition) is 4. The van der Waals surface area contributed by atoms with Crippen molar-refractivity contribution in [3.63, 3.8) is 0 Å². The molecule has 0 saturated heterocycles. The molecule has 4 nitrogen and oxygen atoms in total. The molecule has 3 aromatic heterocycles. The van der Waals surface area contributed by atoms with Gasteiger partial charge in [-0.25, -0.2) is 4.98 Å². The van der Waals surface area contributed by atoms with Crippen LogP contribution in [0.15, 0.2) is 162 Å². The number of hydrogen-bond donors (Lipinski definition) is 1. The van der Waals surface area contributed by atoms with Gasteiger partial charge in [-0.15, -0.1) is 0 Å². The molecule has 9 aromatic rings. The van der Waals surface area contributed by atoms with Gasteiger partial charge in [0.15, 0.2) is 0 Å². The van der Waals surface area contributed by atoms with E-state index in [4.69, 9.17) is 14.4 Å². The van der Waals surface area contributed by atoms with Crippen molar-refractivity contribution < 1.29 is 9.52 Å². The summed E-state index contributed by atoms with van der Waals surface area (Å²) in [6.45, 7) is 15.6.